The molecular formula is C17H19Cl2NO4. The summed E-state index contributed by atoms with van der Waals surface area (Å²) in [5, 5.41) is 10.8. The van der Waals surface area contributed by atoms with Gasteiger partial charge in [0, 0.05) is 6.42 Å². The summed E-state index contributed by atoms with van der Waals surface area (Å²) in [6.07, 6.45) is 2.73. The van der Waals surface area contributed by atoms with E-state index in [-0.39, 0.29) is 37.1 Å². The summed E-state index contributed by atoms with van der Waals surface area (Å²) in [4.78, 5) is 25.9. The summed E-state index contributed by atoms with van der Waals surface area (Å²) in [5.74, 6) is -0.0808. The van der Waals surface area contributed by atoms with Crippen LogP contribution in [0.4, 0.5) is 0 Å². The van der Waals surface area contributed by atoms with Crippen LogP contribution < -0.4 is 4.74 Å². The molecule has 1 atom stereocenters. The number of aliphatic hydroxyl groups is 1. The number of carbonyl (C=O) groups is 2. The van der Waals surface area contributed by atoms with E-state index in [9.17, 15) is 14.7 Å². The van der Waals surface area contributed by atoms with Crippen molar-refractivity contribution in [3.8, 4) is 5.75 Å². The fourth-order valence-electron chi connectivity index (χ4n) is 3.55. The van der Waals surface area contributed by atoms with Crippen molar-refractivity contribution in [2.45, 2.75) is 38.2 Å². The molecule has 1 aromatic rings. The third-order valence-corrected chi connectivity index (χ3v) is 5.38. The molecule has 2 aliphatic rings. The number of β-amino-alcohol motifs (C(OH)–C–C–N with tert-alkyl or cyclic N) is 1. The minimum Gasteiger partial charge on any atom is -0.488 e. The Balaban J connectivity index is 1.60. The summed E-state index contributed by atoms with van der Waals surface area (Å²) >= 11 is 12.0. The molecule has 0 bridgehead atoms. The topological polar surface area (TPSA) is 66.8 Å². The third kappa shape index (κ3) is 3.25. The van der Waals surface area contributed by atoms with Gasteiger partial charge < -0.3 is 9.84 Å². The lowest BCUT2D eigenvalue weighted by atomic mass is 9.84. The highest BCUT2D eigenvalue weighted by atomic mass is 35.5. The average Bonchev–Trinajstić information content (AvgIpc) is 3.08. The highest BCUT2D eigenvalue weighted by Crippen LogP contribution is 2.46. The van der Waals surface area contributed by atoms with Gasteiger partial charge >= 0.3 is 0 Å². The number of rotatable bonds is 5. The van der Waals surface area contributed by atoms with Crippen LogP contribution in [0.5, 0.6) is 5.75 Å². The molecule has 1 heterocycles. The first-order chi connectivity index (χ1) is 11.4. The van der Waals surface area contributed by atoms with E-state index in [1.807, 2.05) is 0 Å². The molecule has 1 aliphatic carbocycles. The molecule has 2 fully saturated rings. The van der Waals surface area contributed by atoms with Crippen molar-refractivity contribution in [1.29, 1.82) is 0 Å². The van der Waals surface area contributed by atoms with Gasteiger partial charge in [-0.1, -0.05) is 42.1 Å². The molecule has 1 aromatic carbocycles. The number of aliphatic hydroxyl groups excluding tert-OH is 1. The third-order valence-electron chi connectivity index (χ3n) is 4.78. The Morgan fingerprint density at radius 1 is 1.21 bits per heavy atom. The second-order valence-electron chi connectivity index (χ2n) is 6.49. The zero-order valence-electron chi connectivity index (χ0n) is 13.1. The number of hydrogen-bond acceptors (Lipinski definition) is 4. The van der Waals surface area contributed by atoms with Crippen molar-refractivity contribution in [1.82, 2.24) is 4.90 Å². The van der Waals surface area contributed by atoms with Crippen LogP contribution in [0.15, 0.2) is 18.2 Å². The first-order valence-electron chi connectivity index (χ1n) is 8.03. The first kappa shape index (κ1) is 17.5. The monoisotopic (exact) mass is 371 g/mol. The zero-order chi connectivity index (χ0) is 17.3. The lowest BCUT2D eigenvalue weighted by molar-refractivity contribution is -0.143. The number of imide groups is 1. The Kier molecular flexibility index (Phi) is 5.04. The standard InChI is InChI=1S/C17H19Cl2NO4/c18-12-4-3-5-13(19)15(12)24-10-11(21)9-20-14(22)8-17(16(20)23)6-1-2-7-17/h3-5,11,21H,1-2,6-10H2/t11-/m1/s1. The number of benzene rings is 1. The van der Waals surface area contributed by atoms with E-state index in [0.717, 1.165) is 25.7 Å². The van der Waals surface area contributed by atoms with E-state index in [2.05, 4.69) is 0 Å². The van der Waals surface area contributed by atoms with Crippen molar-refractivity contribution < 1.29 is 19.4 Å². The average molecular weight is 372 g/mol. The van der Waals surface area contributed by atoms with E-state index in [0.29, 0.717) is 10.0 Å². The highest BCUT2D eigenvalue weighted by Gasteiger charge is 2.52. The van der Waals surface area contributed by atoms with Gasteiger partial charge in [-0.2, -0.15) is 0 Å². The predicted molar refractivity (Wildman–Crippen MR) is 90.2 cm³/mol. The molecule has 0 aromatic heterocycles. The van der Waals surface area contributed by atoms with Gasteiger partial charge in [0.05, 0.1) is 22.0 Å². The summed E-state index contributed by atoms with van der Waals surface area (Å²) in [5.41, 5.74) is -0.524. The number of para-hydroxylation sites is 1. The normalized spacial score (nSPS) is 20.9. The summed E-state index contributed by atoms with van der Waals surface area (Å²) in [6, 6.07) is 4.95. The molecule has 24 heavy (non-hydrogen) atoms. The number of carbonyl (C=O) groups excluding carboxylic acids is 2. The number of halogens is 2. The lowest BCUT2D eigenvalue weighted by Gasteiger charge is -2.23. The molecule has 3 rings (SSSR count). The van der Waals surface area contributed by atoms with Gasteiger partial charge in [-0.05, 0) is 25.0 Å². The number of ether oxygens (including phenoxy) is 1. The van der Waals surface area contributed by atoms with E-state index >= 15 is 0 Å². The molecular weight excluding hydrogens is 353 g/mol. The summed E-state index contributed by atoms with van der Waals surface area (Å²) < 4.78 is 5.46. The van der Waals surface area contributed by atoms with Gasteiger partial charge in [-0.15, -0.1) is 0 Å². The van der Waals surface area contributed by atoms with Gasteiger partial charge in [-0.25, -0.2) is 0 Å². The SMILES string of the molecule is O=C1CC2(CCCC2)C(=O)N1C[C@@H](O)COc1c(Cl)cccc1Cl. The van der Waals surface area contributed by atoms with Crippen LogP contribution in [0.25, 0.3) is 0 Å². The van der Waals surface area contributed by atoms with Gasteiger partial charge in [0.2, 0.25) is 11.8 Å². The molecule has 0 unspecified atom stereocenters. The molecule has 1 N–H and O–H groups in total. The maximum atomic E-state index is 12.6. The van der Waals surface area contributed by atoms with Gasteiger partial charge in [0.15, 0.2) is 5.75 Å². The Bertz CT molecular complexity index is 638. The quantitative estimate of drug-likeness (QED) is 0.807. The number of amides is 2. The van der Waals surface area contributed by atoms with Crippen LogP contribution in [0.1, 0.15) is 32.1 Å². The Hall–Kier alpha value is -1.30. The lowest BCUT2D eigenvalue weighted by Crippen LogP contribution is -2.41. The first-order valence-corrected chi connectivity index (χ1v) is 8.78. The van der Waals surface area contributed by atoms with Crippen molar-refractivity contribution in [2.24, 2.45) is 5.41 Å². The molecule has 5 nitrogen and oxygen atoms in total. The van der Waals surface area contributed by atoms with Crippen LogP contribution in [0.2, 0.25) is 10.0 Å². The Morgan fingerprint density at radius 3 is 2.46 bits per heavy atom. The largest absolute Gasteiger partial charge is 0.488 e. The van der Waals surface area contributed by atoms with Crippen LogP contribution >= 0.6 is 23.2 Å². The second-order valence-corrected chi connectivity index (χ2v) is 7.30. The maximum Gasteiger partial charge on any atom is 0.235 e. The Labute approximate surface area is 150 Å². The summed E-state index contributed by atoms with van der Waals surface area (Å²) in [6.45, 7) is -0.172. The fraction of sp³-hybridized carbons (Fsp3) is 0.529. The van der Waals surface area contributed by atoms with Gasteiger partial charge in [-0.3, -0.25) is 14.5 Å². The van der Waals surface area contributed by atoms with Gasteiger partial charge in [0.1, 0.15) is 12.7 Å². The second kappa shape index (κ2) is 6.90. The number of nitrogens with zero attached hydrogens (tertiary/aromatic N) is 1. The van der Waals surface area contributed by atoms with Crippen LogP contribution in [0.3, 0.4) is 0 Å². The number of hydrogen-bond donors (Lipinski definition) is 1. The minimum absolute atomic E-state index is 0.0680. The molecule has 130 valence electrons. The van der Waals surface area contributed by atoms with Gasteiger partial charge in [0.25, 0.3) is 0 Å². The van der Waals surface area contributed by atoms with Crippen LogP contribution in [-0.4, -0.2) is 41.1 Å². The van der Waals surface area contributed by atoms with Crippen molar-refractivity contribution in [3.63, 3.8) is 0 Å². The van der Waals surface area contributed by atoms with Crippen LogP contribution in [0, 0.1) is 5.41 Å². The van der Waals surface area contributed by atoms with Crippen molar-refractivity contribution in [2.75, 3.05) is 13.2 Å². The molecule has 1 aliphatic heterocycles. The van der Waals surface area contributed by atoms with E-state index < -0.39 is 11.5 Å². The molecule has 0 radical (unpaired) electrons. The molecule has 1 saturated carbocycles. The smallest absolute Gasteiger partial charge is 0.235 e. The van der Waals surface area contributed by atoms with E-state index in [1.165, 1.54) is 4.90 Å². The summed E-state index contributed by atoms with van der Waals surface area (Å²) in [7, 11) is 0. The zero-order valence-corrected chi connectivity index (χ0v) is 14.6. The van der Waals surface area contributed by atoms with Crippen molar-refractivity contribution in [3.05, 3.63) is 28.2 Å². The molecule has 1 saturated heterocycles. The highest BCUT2D eigenvalue weighted by molar-refractivity contribution is 6.37. The molecule has 2 amide bonds. The van der Waals surface area contributed by atoms with E-state index in [4.69, 9.17) is 27.9 Å². The van der Waals surface area contributed by atoms with E-state index in [1.54, 1.807) is 18.2 Å². The van der Waals surface area contributed by atoms with Crippen molar-refractivity contribution >= 4 is 35.0 Å². The maximum absolute atomic E-state index is 12.6. The molecule has 7 heteroatoms. The minimum atomic E-state index is -0.998. The Morgan fingerprint density at radius 2 is 1.83 bits per heavy atom. The molecule has 1 spiro atoms. The predicted octanol–water partition coefficient (Wildman–Crippen LogP) is 3.05. The fourth-order valence-corrected chi connectivity index (χ4v) is 4.06. The number of likely N-dealkylation sites (tertiary alicyclic amines) is 1. The van der Waals surface area contributed by atoms with Crippen LogP contribution in [-0.2, 0) is 9.59 Å².